The van der Waals surface area contributed by atoms with Gasteiger partial charge in [-0.1, -0.05) is 0 Å². The molecule has 104 valence electrons. The van der Waals surface area contributed by atoms with E-state index in [0.717, 1.165) is 25.2 Å². The van der Waals surface area contributed by atoms with Crippen LogP contribution in [0.15, 0.2) is 28.4 Å². The van der Waals surface area contributed by atoms with Gasteiger partial charge in [0.25, 0.3) is 5.56 Å². The number of aryl methyl sites for hydroxylation is 1. The van der Waals surface area contributed by atoms with Crippen LogP contribution >= 0.6 is 11.3 Å². The van der Waals surface area contributed by atoms with E-state index in [1.807, 2.05) is 4.57 Å². The summed E-state index contributed by atoms with van der Waals surface area (Å²) in [4.78, 5) is 13.7. The van der Waals surface area contributed by atoms with Gasteiger partial charge in [-0.05, 0) is 54.4 Å². The summed E-state index contributed by atoms with van der Waals surface area (Å²) in [5.74, 6) is 1.11. The van der Waals surface area contributed by atoms with E-state index >= 15 is 0 Å². The maximum absolute atomic E-state index is 12.4. The quantitative estimate of drug-likeness (QED) is 0.874. The highest BCUT2D eigenvalue weighted by Gasteiger charge is 2.31. The molecule has 0 radical (unpaired) electrons. The van der Waals surface area contributed by atoms with Gasteiger partial charge < -0.3 is 9.88 Å². The molecule has 2 aromatic heterocycles. The van der Waals surface area contributed by atoms with Gasteiger partial charge in [0.2, 0.25) is 0 Å². The fourth-order valence-corrected chi connectivity index (χ4v) is 4.28. The molecule has 4 heteroatoms. The number of hydrogen-bond donors (Lipinski definition) is 1. The minimum Gasteiger partial charge on any atom is -0.316 e. The Morgan fingerprint density at radius 2 is 2.15 bits per heavy atom. The van der Waals surface area contributed by atoms with Crippen molar-refractivity contribution in [3.05, 3.63) is 44.5 Å². The second kappa shape index (κ2) is 4.57. The fraction of sp³-hybridized carbons (Fsp3) is 0.438. The zero-order chi connectivity index (χ0) is 13.7. The molecule has 1 saturated heterocycles. The summed E-state index contributed by atoms with van der Waals surface area (Å²) in [6.07, 6.45) is 1.22. The van der Waals surface area contributed by atoms with Crippen LogP contribution in [0.3, 0.4) is 0 Å². The van der Waals surface area contributed by atoms with E-state index in [1.165, 1.54) is 22.6 Å². The average Bonchev–Trinajstić information content (AvgIpc) is 2.87. The molecule has 4 heterocycles. The minimum atomic E-state index is 0.165. The first-order chi connectivity index (χ1) is 9.70. The molecule has 0 amide bonds. The Kier molecular flexibility index (Phi) is 2.82. The van der Waals surface area contributed by atoms with Crippen molar-refractivity contribution in [3.8, 4) is 11.1 Å². The third-order valence-electron chi connectivity index (χ3n) is 4.52. The Labute approximate surface area is 122 Å². The number of nitrogens with zero attached hydrogens (tertiary/aromatic N) is 1. The number of aromatic nitrogens is 1. The lowest BCUT2D eigenvalue weighted by molar-refractivity contribution is 0.257. The summed E-state index contributed by atoms with van der Waals surface area (Å²) in [5, 5.41) is 5.64. The van der Waals surface area contributed by atoms with Crippen LogP contribution < -0.4 is 10.9 Å². The van der Waals surface area contributed by atoms with Crippen molar-refractivity contribution in [1.29, 1.82) is 0 Å². The number of thiophene rings is 1. The van der Waals surface area contributed by atoms with Gasteiger partial charge in [0.05, 0.1) is 0 Å². The van der Waals surface area contributed by atoms with E-state index in [9.17, 15) is 4.79 Å². The van der Waals surface area contributed by atoms with E-state index < -0.39 is 0 Å². The van der Waals surface area contributed by atoms with E-state index in [-0.39, 0.29) is 5.56 Å². The van der Waals surface area contributed by atoms with Crippen molar-refractivity contribution in [3.63, 3.8) is 0 Å². The highest BCUT2D eigenvalue weighted by molar-refractivity contribution is 7.10. The maximum atomic E-state index is 12.4. The average molecular weight is 286 g/mol. The molecule has 0 aliphatic carbocycles. The molecule has 2 aromatic rings. The van der Waals surface area contributed by atoms with E-state index in [1.54, 1.807) is 17.4 Å². The number of rotatable bonds is 1. The zero-order valence-electron chi connectivity index (χ0n) is 11.6. The summed E-state index contributed by atoms with van der Waals surface area (Å²) < 4.78 is 2.00. The zero-order valence-corrected chi connectivity index (χ0v) is 12.4. The second-order valence-electron chi connectivity index (χ2n) is 6.02. The molecule has 1 N–H and O–H groups in total. The van der Waals surface area contributed by atoms with Gasteiger partial charge in [-0.2, -0.15) is 0 Å². The lowest BCUT2D eigenvalue weighted by Gasteiger charge is -2.37. The lowest BCUT2D eigenvalue weighted by atomic mass is 9.83. The van der Waals surface area contributed by atoms with Crippen LogP contribution in [-0.2, 0) is 6.54 Å². The lowest BCUT2D eigenvalue weighted by Crippen LogP contribution is -2.44. The van der Waals surface area contributed by atoms with Crippen molar-refractivity contribution in [2.45, 2.75) is 25.8 Å². The van der Waals surface area contributed by atoms with Crippen LogP contribution in [0.5, 0.6) is 0 Å². The molecule has 20 heavy (non-hydrogen) atoms. The predicted molar refractivity (Wildman–Crippen MR) is 82.5 cm³/mol. The van der Waals surface area contributed by atoms with Crippen molar-refractivity contribution in [2.24, 2.45) is 5.92 Å². The van der Waals surface area contributed by atoms with Crippen molar-refractivity contribution < 1.29 is 0 Å². The van der Waals surface area contributed by atoms with Crippen LogP contribution in [0.25, 0.3) is 11.1 Å². The summed E-state index contributed by atoms with van der Waals surface area (Å²) in [6, 6.07) is 6.21. The molecule has 2 aliphatic heterocycles. The molecule has 0 saturated carbocycles. The Balaban J connectivity index is 1.85. The highest BCUT2D eigenvalue weighted by Crippen LogP contribution is 2.34. The number of piperidine rings is 1. The van der Waals surface area contributed by atoms with Crippen LogP contribution in [0.1, 0.15) is 22.9 Å². The molecule has 0 aromatic carbocycles. The standard InChI is InChI=1S/C16H18N2OS/c1-10-2-14(9-20-10)12-4-15-13-3-11(6-17-7-13)8-18(15)16(19)5-12/h2,4-5,9,11,13,17H,3,6-8H2,1H3/t11-,13+/m0/s1. The van der Waals surface area contributed by atoms with Gasteiger partial charge in [-0.3, -0.25) is 4.79 Å². The third-order valence-corrected chi connectivity index (χ3v) is 5.39. The number of pyridine rings is 1. The van der Waals surface area contributed by atoms with E-state index in [0.29, 0.717) is 11.8 Å². The molecular weight excluding hydrogens is 268 g/mol. The normalized spacial score (nSPS) is 24.4. The largest absolute Gasteiger partial charge is 0.316 e. The van der Waals surface area contributed by atoms with Crippen LogP contribution in [0, 0.1) is 12.8 Å². The van der Waals surface area contributed by atoms with Crippen molar-refractivity contribution >= 4 is 11.3 Å². The van der Waals surface area contributed by atoms with Crippen molar-refractivity contribution in [1.82, 2.24) is 9.88 Å². The van der Waals surface area contributed by atoms with Crippen LogP contribution in [0.2, 0.25) is 0 Å². The predicted octanol–water partition coefficient (Wildman–Crippen LogP) is 2.59. The smallest absolute Gasteiger partial charge is 0.251 e. The molecule has 2 bridgehead atoms. The van der Waals surface area contributed by atoms with E-state index in [4.69, 9.17) is 0 Å². The summed E-state index contributed by atoms with van der Waals surface area (Å²) in [5.41, 5.74) is 3.64. The van der Waals surface area contributed by atoms with Crippen LogP contribution in [-0.4, -0.2) is 17.7 Å². The molecule has 3 nitrogen and oxygen atoms in total. The Morgan fingerprint density at radius 1 is 1.25 bits per heavy atom. The topological polar surface area (TPSA) is 34.0 Å². The monoisotopic (exact) mass is 286 g/mol. The Hall–Kier alpha value is -1.39. The molecular formula is C16H18N2OS. The van der Waals surface area contributed by atoms with Gasteiger partial charge in [-0.15, -0.1) is 11.3 Å². The first-order valence-corrected chi connectivity index (χ1v) is 8.09. The summed E-state index contributed by atoms with van der Waals surface area (Å²) >= 11 is 1.74. The SMILES string of the molecule is Cc1cc(-c2cc3n(c(=O)c2)C[C@@H]2CNC[C@H]3C2)cs1. The van der Waals surface area contributed by atoms with Crippen molar-refractivity contribution in [2.75, 3.05) is 13.1 Å². The fourth-order valence-electron chi connectivity index (χ4n) is 3.57. The second-order valence-corrected chi connectivity index (χ2v) is 7.14. The van der Waals surface area contributed by atoms with Gasteiger partial charge in [-0.25, -0.2) is 0 Å². The molecule has 2 atom stereocenters. The number of hydrogen-bond acceptors (Lipinski definition) is 3. The molecule has 1 fully saturated rings. The highest BCUT2D eigenvalue weighted by atomic mass is 32.1. The number of fused-ring (bicyclic) bond motifs is 4. The molecule has 4 rings (SSSR count). The van der Waals surface area contributed by atoms with Crippen LogP contribution in [0.4, 0.5) is 0 Å². The third kappa shape index (κ3) is 1.95. The molecule has 0 unspecified atom stereocenters. The molecule has 0 spiro atoms. The first kappa shape index (κ1) is 12.4. The minimum absolute atomic E-state index is 0.165. The maximum Gasteiger partial charge on any atom is 0.251 e. The Morgan fingerprint density at radius 3 is 2.95 bits per heavy atom. The van der Waals surface area contributed by atoms with Gasteiger partial charge >= 0.3 is 0 Å². The number of nitrogens with one attached hydrogen (secondary N) is 1. The van der Waals surface area contributed by atoms with Gasteiger partial charge in [0.15, 0.2) is 0 Å². The van der Waals surface area contributed by atoms with E-state index in [2.05, 4.69) is 29.8 Å². The molecule has 2 aliphatic rings. The summed E-state index contributed by atoms with van der Waals surface area (Å²) in [6.45, 7) is 5.03. The first-order valence-electron chi connectivity index (χ1n) is 7.22. The summed E-state index contributed by atoms with van der Waals surface area (Å²) in [7, 11) is 0. The van der Waals surface area contributed by atoms with Gasteiger partial charge in [0, 0.05) is 35.6 Å². The van der Waals surface area contributed by atoms with Gasteiger partial charge in [0.1, 0.15) is 0 Å². The Bertz CT molecular complexity index is 716.